The van der Waals surface area contributed by atoms with Gasteiger partial charge in [0.2, 0.25) is 0 Å². The summed E-state index contributed by atoms with van der Waals surface area (Å²) < 4.78 is 0. The molecule has 0 nitrogen and oxygen atoms in total. The fourth-order valence-corrected chi connectivity index (χ4v) is 1.37. The van der Waals surface area contributed by atoms with E-state index in [1.54, 1.807) is 0 Å². The van der Waals surface area contributed by atoms with Crippen molar-refractivity contribution in [2.24, 2.45) is 11.8 Å². The Morgan fingerprint density at radius 2 is 1.75 bits per heavy atom. The summed E-state index contributed by atoms with van der Waals surface area (Å²) >= 11 is 0. The SMILES string of the molecule is C.CCC[C@H](C=C(C)C)C(C)C. The van der Waals surface area contributed by atoms with Crippen molar-refractivity contribution < 1.29 is 0 Å². The molecule has 0 aromatic rings. The zero-order valence-corrected chi connectivity index (χ0v) is 8.65. The summed E-state index contributed by atoms with van der Waals surface area (Å²) in [5, 5.41) is 0. The van der Waals surface area contributed by atoms with E-state index in [9.17, 15) is 0 Å². The minimum absolute atomic E-state index is 0. The molecule has 0 fully saturated rings. The topological polar surface area (TPSA) is 0 Å². The van der Waals surface area contributed by atoms with Crippen LogP contribution in [-0.4, -0.2) is 0 Å². The Labute approximate surface area is 79.1 Å². The van der Waals surface area contributed by atoms with Crippen molar-refractivity contribution in [3.8, 4) is 0 Å². The van der Waals surface area contributed by atoms with Gasteiger partial charge in [0.25, 0.3) is 0 Å². The van der Waals surface area contributed by atoms with Crippen LogP contribution in [0.2, 0.25) is 0 Å². The van der Waals surface area contributed by atoms with Gasteiger partial charge in [0, 0.05) is 0 Å². The predicted octanol–water partition coefficient (Wildman–Crippen LogP) is 4.66. The minimum Gasteiger partial charge on any atom is -0.0825 e. The van der Waals surface area contributed by atoms with Gasteiger partial charge < -0.3 is 0 Å². The Hall–Kier alpha value is -0.260. The van der Waals surface area contributed by atoms with Gasteiger partial charge in [-0.05, 0) is 32.1 Å². The Balaban J connectivity index is 0. The van der Waals surface area contributed by atoms with Gasteiger partial charge in [0.15, 0.2) is 0 Å². The van der Waals surface area contributed by atoms with Crippen LogP contribution in [0, 0.1) is 11.8 Å². The molecule has 0 amide bonds. The highest BCUT2D eigenvalue weighted by atomic mass is 14.1. The maximum absolute atomic E-state index is 2.41. The predicted molar refractivity (Wildman–Crippen MR) is 59.4 cm³/mol. The first kappa shape index (κ1) is 14.3. The standard InChI is InChI=1S/C11H22.CH4/c1-6-7-11(10(4)5)8-9(2)3;/h8,10-11H,6-7H2,1-5H3;1H4/t11-;/m1./s1. The largest absolute Gasteiger partial charge is 0.0825 e. The third-order valence-corrected chi connectivity index (χ3v) is 2.03. The molecule has 0 aliphatic heterocycles. The molecule has 0 radical (unpaired) electrons. The zero-order valence-electron chi connectivity index (χ0n) is 8.65. The van der Waals surface area contributed by atoms with E-state index >= 15 is 0 Å². The molecule has 12 heavy (non-hydrogen) atoms. The first-order chi connectivity index (χ1) is 5.07. The second-order valence-electron chi connectivity index (χ2n) is 3.94. The summed E-state index contributed by atoms with van der Waals surface area (Å²) in [6.45, 7) is 11.2. The maximum atomic E-state index is 2.41. The van der Waals surface area contributed by atoms with Crippen LogP contribution in [0.5, 0.6) is 0 Å². The molecule has 0 aliphatic rings. The van der Waals surface area contributed by atoms with E-state index in [2.05, 4.69) is 40.7 Å². The second-order valence-corrected chi connectivity index (χ2v) is 3.94. The Morgan fingerprint density at radius 1 is 1.25 bits per heavy atom. The van der Waals surface area contributed by atoms with Gasteiger partial charge in [-0.15, -0.1) is 0 Å². The van der Waals surface area contributed by atoms with Crippen LogP contribution >= 0.6 is 0 Å². The van der Waals surface area contributed by atoms with Gasteiger partial charge in [-0.3, -0.25) is 0 Å². The maximum Gasteiger partial charge on any atom is -0.0208 e. The summed E-state index contributed by atoms with van der Waals surface area (Å²) in [7, 11) is 0. The lowest BCUT2D eigenvalue weighted by Crippen LogP contribution is -2.05. The highest BCUT2D eigenvalue weighted by molar-refractivity contribution is 4.98. The van der Waals surface area contributed by atoms with Gasteiger partial charge >= 0.3 is 0 Å². The molecule has 0 heteroatoms. The quantitative estimate of drug-likeness (QED) is 0.538. The van der Waals surface area contributed by atoms with Crippen LogP contribution in [-0.2, 0) is 0 Å². The Bertz CT molecular complexity index is 116. The minimum atomic E-state index is 0. The molecule has 0 aromatic carbocycles. The number of allylic oxidation sites excluding steroid dienone is 2. The van der Waals surface area contributed by atoms with Crippen molar-refractivity contribution in [1.82, 2.24) is 0 Å². The van der Waals surface area contributed by atoms with E-state index in [0.29, 0.717) is 0 Å². The van der Waals surface area contributed by atoms with Crippen molar-refractivity contribution in [2.45, 2.75) is 54.9 Å². The van der Waals surface area contributed by atoms with Crippen LogP contribution in [0.15, 0.2) is 11.6 Å². The van der Waals surface area contributed by atoms with Gasteiger partial charge in [0.05, 0.1) is 0 Å². The van der Waals surface area contributed by atoms with Crippen molar-refractivity contribution in [3.05, 3.63) is 11.6 Å². The fraction of sp³-hybridized carbons (Fsp3) is 0.833. The molecule has 0 rings (SSSR count). The van der Waals surface area contributed by atoms with Crippen LogP contribution in [0.1, 0.15) is 54.9 Å². The van der Waals surface area contributed by atoms with E-state index < -0.39 is 0 Å². The lowest BCUT2D eigenvalue weighted by atomic mass is 9.90. The molecule has 0 heterocycles. The molecule has 0 unspecified atom stereocenters. The highest BCUT2D eigenvalue weighted by Crippen LogP contribution is 2.19. The van der Waals surface area contributed by atoms with E-state index in [1.165, 1.54) is 18.4 Å². The molecular weight excluding hydrogens is 144 g/mol. The summed E-state index contributed by atoms with van der Waals surface area (Å²) in [6.07, 6.45) is 5.05. The van der Waals surface area contributed by atoms with Crippen molar-refractivity contribution >= 4 is 0 Å². The van der Waals surface area contributed by atoms with Gasteiger partial charge in [0.1, 0.15) is 0 Å². The van der Waals surface area contributed by atoms with Crippen molar-refractivity contribution in [3.63, 3.8) is 0 Å². The van der Waals surface area contributed by atoms with Gasteiger partial charge in [-0.1, -0.05) is 46.3 Å². The smallest absolute Gasteiger partial charge is 0.0208 e. The van der Waals surface area contributed by atoms with Crippen LogP contribution in [0.3, 0.4) is 0 Å². The number of hydrogen-bond acceptors (Lipinski definition) is 0. The molecule has 0 saturated heterocycles. The number of hydrogen-bond donors (Lipinski definition) is 0. The lowest BCUT2D eigenvalue weighted by molar-refractivity contribution is 0.430. The van der Waals surface area contributed by atoms with E-state index in [4.69, 9.17) is 0 Å². The third-order valence-electron chi connectivity index (χ3n) is 2.03. The van der Waals surface area contributed by atoms with Crippen LogP contribution < -0.4 is 0 Å². The summed E-state index contributed by atoms with van der Waals surface area (Å²) in [5.41, 5.74) is 1.46. The lowest BCUT2D eigenvalue weighted by Gasteiger charge is -2.16. The van der Waals surface area contributed by atoms with Gasteiger partial charge in [-0.25, -0.2) is 0 Å². The van der Waals surface area contributed by atoms with Crippen molar-refractivity contribution in [1.29, 1.82) is 0 Å². The van der Waals surface area contributed by atoms with E-state index in [1.807, 2.05) is 0 Å². The molecule has 1 atom stereocenters. The highest BCUT2D eigenvalue weighted by Gasteiger charge is 2.07. The summed E-state index contributed by atoms with van der Waals surface area (Å²) in [4.78, 5) is 0. The van der Waals surface area contributed by atoms with Crippen molar-refractivity contribution in [2.75, 3.05) is 0 Å². The average Bonchev–Trinajstić information content (AvgIpc) is 1.86. The summed E-state index contributed by atoms with van der Waals surface area (Å²) in [5.74, 6) is 1.59. The van der Waals surface area contributed by atoms with Crippen LogP contribution in [0.4, 0.5) is 0 Å². The van der Waals surface area contributed by atoms with E-state index in [0.717, 1.165) is 11.8 Å². The van der Waals surface area contributed by atoms with Crippen LogP contribution in [0.25, 0.3) is 0 Å². The number of rotatable bonds is 4. The molecule has 0 N–H and O–H groups in total. The molecule has 74 valence electrons. The summed E-state index contributed by atoms with van der Waals surface area (Å²) in [6, 6.07) is 0. The first-order valence-corrected chi connectivity index (χ1v) is 4.73. The second kappa shape index (κ2) is 7.39. The molecule has 0 spiro atoms. The molecule has 0 aromatic heterocycles. The normalized spacial score (nSPS) is 12.2. The average molecular weight is 170 g/mol. The molecular formula is C12H26. The van der Waals surface area contributed by atoms with Gasteiger partial charge in [-0.2, -0.15) is 0 Å². The monoisotopic (exact) mass is 170 g/mol. The molecule has 0 saturated carbocycles. The first-order valence-electron chi connectivity index (χ1n) is 4.73. The van der Waals surface area contributed by atoms with E-state index in [-0.39, 0.29) is 7.43 Å². The fourth-order valence-electron chi connectivity index (χ4n) is 1.37. The Morgan fingerprint density at radius 3 is 2.00 bits per heavy atom. The molecule has 0 bridgehead atoms. The Kier molecular flexibility index (Phi) is 8.79. The third kappa shape index (κ3) is 6.45. The zero-order chi connectivity index (χ0) is 8.85. The molecule has 0 aliphatic carbocycles.